The first-order valence-corrected chi connectivity index (χ1v) is 7.57. The van der Waals surface area contributed by atoms with Gasteiger partial charge in [0.2, 0.25) is 5.11 Å². The lowest BCUT2D eigenvalue weighted by molar-refractivity contribution is -0.00149. The van der Waals surface area contributed by atoms with E-state index in [1.165, 1.54) is 0 Å². The summed E-state index contributed by atoms with van der Waals surface area (Å²) in [7, 11) is 0. The molecule has 2 aliphatic heterocycles. The minimum Gasteiger partial charge on any atom is -0.344 e. The number of rotatable bonds is 1. The lowest BCUT2D eigenvalue weighted by atomic mass is 10.2. The summed E-state index contributed by atoms with van der Waals surface area (Å²) < 4.78 is 0. The van der Waals surface area contributed by atoms with Crippen LogP contribution in [0.1, 0.15) is 6.92 Å². The van der Waals surface area contributed by atoms with E-state index in [1.807, 2.05) is 17.8 Å². The van der Waals surface area contributed by atoms with Crippen molar-refractivity contribution in [2.24, 2.45) is 10.2 Å². The molecule has 2 rings (SSSR count). The molecule has 5 nitrogen and oxygen atoms in total. The Morgan fingerprint density at radius 2 is 2.05 bits per heavy atom. The number of azo groups is 1. The molecule has 0 radical (unpaired) electrons. The molecule has 1 saturated heterocycles. The van der Waals surface area contributed by atoms with E-state index >= 15 is 0 Å². The first-order chi connectivity index (χ1) is 9.18. The molecule has 0 amide bonds. The smallest absolute Gasteiger partial charge is 0.216 e. The van der Waals surface area contributed by atoms with E-state index in [1.54, 1.807) is 25.3 Å². The van der Waals surface area contributed by atoms with Crippen LogP contribution in [0.5, 0.6) is 0 Å². The van der Waals surface area contributed by atoms with E-state index in [0.717, 1.165) is 29.7 Å². The van der Waals surface area contributed by atoms with E-state index < -0.39 is 0 Å². The molecule has 2 aliphatic rings. The Morgan fingerprint density at radius 3 is 2.74 bits per heavy atom. The van der Waals surface area contributed by atoms with Crippen molar-refractivity contribution in [2.75, 3.05) is 24.6 Å². The lowest BCUT2D eigenvalue weighted by Gasteiger charge is -2.25. The van der Waals surface area contributed by atoms with Crippen LogP contribution >= 0.6 is 24.0 Å². The van der Waals surface area contributed by atoms with Gasteiger partial charge >= 0.3 is 0 Å². The van der Waals surface area contributed by atoms with Crippen LogP contribution in [0.15, 0.2) is 46.1 Å². The number of nitrogens with zero attached hydrogens (tertiary/aromatic N) is 4. The fourth-order valence-corrected chi connectivity index (χ4v) is 2.83. The van der Waals surface area contributed by atoms with E-state index in [0.29, 0.717) is 16.5 Å². The standard InChI is InChI=1S/C12H16N4OS2/c1-10(11-4-2-3-5-16(11)17)13-14-12(18)15-6-8-19-9-7-15/h2-5,17H,6-9H2,1H3/b11-10-,14-13?. The van der Waals surface area contributed by atoms with Gasteiger partial charge in [0.1, 0.15) is 0 Å². The molecule has 0 bridgehead atoms. The third kappa shape index (κ3) is 3.89. The average molecular weight is 296 g/mol. The van der Waals surface area contributed by atoms with Crippen LogP contribution in [-0.2, 0) is 0 Å². The molecule has 0 saturated carbocycles. The molecule has 2 heterocycles. The van der Waals surface area contributed by atoms with Crippen LogP contribution in [0.4, 0.5) is 0 Å². The highest BCUT2D eigenvalue weighted by Gasteiger charge is 2.13. The summed E-state index contributed by atoms with van der Waals surface area (Å²) in [4.78, 5) is 2.06. The first-order valence-electron chi connectivity index (χ1n) is 6.01. The second-order valence-corrected chi connectivity index (χ2v) is 5.69. The SMILES string of the molecule is C/C(N=NC(=S)N1CCSCC1)=C1\C=CC=CN1O. The monoisotopic (exact) mass is 296 g/mol. The maximum absolute atomic E-state index is 9.64. The minimum atomic E-state index is 0.514. The van der Waals surface area contributed by atoms with Gasteiger partial charge in [0.15, 0.2) is 0 Å². The van der Waals surface area contributed by atoms with Crippen molar-refractivity contribution >= 4 is 29.1 Å². The van der Waals surface area contributed by atoms with Crippen molar-refractivity contribution in [1.29, 1.82) is 0 Å². The quantitative estimate of drug-likeness (QED) is 0.595. The topological polar surface area (TPSA) is 51.4 Å². The fraction of sp³-hybridized carbons (Fsp3) is 0.417. The van der Waals surface area contributed by atoms with Crippen molar-refractivity contribution < 1.29 is 5.21 Å². The minimum absolute atomic E-state index is 0.514. The summed E-state index contributed by atoms with van der Waals surface area (Å²) in [6.45, 7) is 3.64. The highest BCUT2D eigenvalue weighted by Crippen LogP contribution is 2.16. The zero-order chi connectivity index (χ0) is 13.7. The van der Waals surface area contributed by atoms with Gasteiger partial charge in [0.25, 0.3) is 0 Å². The molecule has 7 heteroatoms. The van der Waals surface area contributed by atoms with E-state index in [2.05, 4.69) is 15.1 Å². The fourth-order valence-electron chi connectivity index (χ4n) is 1.71. The van der Waals surface area contributed by atoms with Crippen LogP contribution in [0.3, 0.4) is 0 Å². The molecule has 0 aromatic carbocycles. The van der Waals surface area contributed by atoms with Crippen molar-refractivity contribution in [1.82, 2.24) is 9.96 Å². The molecule has 0 atom stereocenters. The average Bonchev–Trinajstić information content (AvgIpc) is 2.46. The summed E-state index contributed by atoms with van der Waals surface area (Å²) >= 11 is 7.17. The maximum atomic E-state index is 9.64. The number of thioether (sulfide) groups is 1. The molecular formula is C12H16N4OS2. The maximum Gasteiger partial charge on any atom is 0.216 e. The Labute approximate surface area is 122 Å². The third-order valence-corrected chi connectivity index (χ3v) is 4.06. The highest BCUT2D eigenvalue weighted by molar-refractivity contribution is 7.99. The molecule has 0 unspecified atom stereocenters. The summed E-state index contributed by atoms with van der Waals surface area (Å²) in [6.07, 6.45) is 6.90. The number of hydrogen-bond donors (Lipinski definition) is 1. The Balaban J connectivity index is 2.01. The molecule has 0 spiro atoms. The number of hydrogen-bond acceptors (Lipinski definition) is 5. The molecule has 1 N–H and O–H groups in total. The molecular weight excluding hydrogens is 280 g/mol. The third-order valence-electron chi connectivity index (χ3n) is 2.78. The van der Waals surface area contributed by atoms with Crippen LogP contribution in [0.2, 0.25) is 0 Å². The van der Waals surface area contributed by atoms with Gasteiger partial charge in [-0.1, -0.05) is 6.08 Å². The van der Waals surface area contributed by atoms with E-state index in [-0.39, 0.29) is 0 Å². The van der Waals surface area contributed by atoms with Gasteiger partial charge in [-0.2, -0.15) is 16.9 Å². The van der Waals surface area contributed by atoms with Crippen LogP contribution in [0, 0.1) is 0 Å². The van der Waals surface area contributed by atoms with Gasteiger partial charge < -0.3 is 4.90 Å². The van der Waals surface area contributed by atoms with Crippen molar-refractivity contribution in [3.8, 4) is 0 Å². The van der Waals surface area contributed by atoms with Gasteiger partial charge in [-0.25, -0.2) is 5.06 Å². The summed E-state index contributed by atoms with van der Waals surface area (Å²) in [5.74, 6) is 2.15. The van der Waals surface area contributed by atoms with Gasteiger partial charge in [-0.3, -0.25) is 5.21 Å². The Bertz CT molecular complexity index is 464. The van der Waals surface area contributed by atoms with Crippen LogP contribution in [-0.4, -0.2) is 44.9 Å². The second kappa shape index (κ2) is 6.83. The van der Waals surface area contributed by atoms with Gasteiger partial charge in [-0.05, 0) is 31.3 Å². The van der Waals surface area contributed by atoms with E-state index in [9.17, 15) is 5.21 Å². The second-order valence-electron chi connectivity index (χ2n) is 4.10. The largest absolute Gasteiger partial charge is 0.344 e. The van der Waals surface area contributed by atoms with Crippen molar-refractivity contribution in [2.45, 2.75) is 6.92 Å². The lowest BCUT2D eigenvalue weighted by Crippen LogP contribution is -2.35. The van der Waals surface area contributed by atoms with Gasteiger partial charge in [-0.15, -0.1) is 5.11 Å². The predicted octanol–water partition coefficient (Wildman–Crippen LogP) is 2.78. The predicted molar refractivity (Wildman–Crippen MR) is 81.0 cm³/mol. The number of allylic oxidation sites excluding steroid dienone is 4. The zero-order valence-electron chi connectivity index (χ0n) is 10.7. The number of thiocarbonyl (C=S) groups is 1. The normalized spacial score (nSPS) is 22.2. The molecule has 102 valence electrons. The summed E-state index contributed by atoms with van der Waals surface area (Å²) in [5.41, 5.74) is 1.22. The Morgan fingerprint density at radius 1 is 1.32 bits per heavy atom. The summed E-state index contributed by atoms with van der Waals surface area (Å²) in [5, 5.41) is 19.4. The van der Waals surface area contributed by atoms with E-state index in [4.69, 9.17) is 12.2 Å². The van der Waals surface area contributed by atoms with Crippen molar-refractivity contribution in [3.05, 3.63) is 35.8 Å². The van der Waals surface area contributed by atoms with Crippen LogP contribution < -0.4 is 0 Å². The Kier molecular flexibility index (Phi) is 5.12. The highest BCUT2D eigenvalue weighted by atomic mass is 32.2. The Hall–Kier alpha value is -1.18. The molecule has 1 fully saturated rings. The number of hydroxylamine groups is 2. The van der Waals surface area contributed by atoms with Crippen LogP contribution in [0.25, 0.3) is 0 Å². The molecule has 0 aromatic heterocycles. The molecule has 0 aliphatic carbocycles. The first kappa shape index (κ1) is 14.2. The van der Waals surface area contributed by atoms with Gasteiger partial charge in [0, 0.05) is 30.8 Å². The van der Waals surface area contributed by atoms with Gasteiger partial charge in [0.05, 0.1) is 11.4 Å². The van der Waals surface area contributed by atoms with Crippen molar-refractivity contribution in [3.63, 3.8) is 0 Å². The zero-order valence-corrected chi connectivity index (χ0v) is 12.3. The summed E-state index contributed by atoms with van der Waals surface area (Å²) in [6, 6.07) is 0. The molecule has 0 aromatic rings. The molecule has 19 heavy (non-hydrogen) atoms.